The largest absolute Gasteiger partial charge is 0.338 e. The lowest BCUT2D eigenvalue weighted by atomic mass is 9.93. The molecule has 4 rings (SSSR count). The van der Waals surface area contributed by atoms with Crippen LogP contribution < -0.4 is 0 Å². The third-order valence-electron chi connectivity index (χ3n) is 5.25. The van der Waals surface area contributed by atoms with E-state index in [9.17, 15) is 9.18 Å². The SMILES string of the molecule is CCc1nccn1-c1cccc([C@H]2CCCN(C(=O)c3ccc(F)cc3)C2)n1. The minimum atomic E-state index is -0.333. The molecule has 3 heterocycles. The summed E-state index contributed by atoms with van der Waals surface area (Å²) >= 11 is 0. The zero-order valence-electron chi connectivity index (χ0n) is 15.9. The van der Waals surface area contributed by atoms with Crippen LogP contribution in [-0.2, 0) is 6.42 Å². The van der Waals surface area contributed by atoms with Crippen LogP contribution in [0.4, 0.5) is 4.39 Å². The van der Waals surface area contributed by atoms with E-state index in [1.165, 1.54) is 12.1 Å². The molecule has 144 valence electrons. The topological polar surface area (TPSA) is 51.0 Å². The molecule has 1 saturated heterocycles. The molecule has 2 aromatic heterocycles. The fourth-order valence-electron chi connectivity index (χ4n) is 3.78. The Balaban J connectivity index is 1.54. The van der Waals surface area contributed by atoms with Crippen LogP contribution in [0.2, 0.25) is 0 Å². The molecule has 28 heavy (non-hydrogen) atoms. The number of imidazole rings is 1. The molecule has 1 aromatic carbocycles. The van der Waals surface area contributed by atoms with Gasteiger partial charge in [-0.2, -0.15) is 0 Å². The van der Waals surface area contributed by atoms with Crippen molar-refractivity contribution in [2.75, 3.05) is 13.1 Å². The zero-order chi connectivity index (χ0) is 19.5. The number of carbonyl (C=O) groups is 1. The first kappa shape index (κ1) is 18.3. The van der Waals surface area contributed by atoms with Crippen molar-refractivity contribution in [3.05, 3.63) is 77.8 Å². The van der Waals surface area contributed by atoms with E-state index < -0.39 is 0 Å². The highest BCUT2D eigenvalue weighted by atomic mass is 19.1. The standard InChI is InChI=1S/C22H23FN4O/c1-2-20-24-12-14-27(20)21-7-3-6-19(25-21)17-5-4-13-26(15-17)22(28)16-8-10-18(23)11-9-16/h3,6-12,14,17H,2,4-5,13,15H2,1H3/t17-/m0/s1. The molecule has 1 aliphatic rings. The van der Waals surface area contributed by atoms with Gasteiger partial charge in [0.25, 0.3) is 5.91 Å². The van der Waals surface area contributed by atoms with E-state index in [1.807, 2.05) is 33.9 Å². The molecular formula is C22H23FN4O. The van der Waals surface area contributed by atoms with Gasteiger partial charge in [-0.15, -0.1) is 0 Å². The maximum Gasteiger partial charge on any atom is 0.253 e. The van der Waals surface area contributed by atoms with E-state index in [0.29, 0.717) is 18.7 Å². The lowest BCUT2D eigenvalue weighted by Gasteiger charge is -2.32. The first-order valence-electron chi connectivity index (χ1n) is 9.70. The molecule has 0 aliphatic carbocycles. The van der Waals surface area contributed by atoms with Crippen molar-refractivity contribution in [2.24, 2.45) is 0 Å². The summed E-state index contributed by atoms with van der Waals surface area (Å²) in [6.07, 6.45) is 6.47. The normalized spacial score (nSPS) is 16.9. The van der Waals surface area contributed by atoms with E-state index in [0.717, 1.165) is 36.6 Å². The Kier molecular flexibility index (Phi) is 5.19. The number of pyridine rings is 1. The number of nitrogens with zero attached hydrogens (tertiary/aromatic N) is 4. The highest BCUT2D eigenvalue weighted by Crippen LogP contribution is 2.27. The first-order chi connectivity index (χ1) is 13.7. The number of aromatic nitrogens is 3. The van der Waals surface area contributed by atoms with E-state index in [1.54, 1.807) is 18.3 Å². The van der Waals surface area contributed by atoms with Gasteiger partial charge in [0.1, 0.15) is 17.5 Å². The summed E-state index contributed by atoms with van der Waals surface area (Å²) in [5.41, 5.74) is 1.51. The molecule has 1 aliphatic heterocycles. The predicted octanol–water partition coefficient (Wildman–Crippen LogP) is 3.99. The average Bonchev–Trinajstić information content (AvgIpc) is 3.23. The molecule has 0 unspecified atom stereocenters. The van der Waals surface area contributed by atoms with Crippen LogP contribution in [-0.4, -0.2) is 38.4 Å². The Labute approximate surface area is 163 Å². The summed E-state index contributed by atoms with van der Waals surface area (Å²) in [6, 6.07) is 11.8. The Morgan fingerprint density at radius 3 is 2.82 bits per heavy atom. The summed E-state index contributed by atoms with van der Waals surface area (Å²) in [5, 5.41) is 0. The first-order valence-corrected chi connectivity index (χ1v) is 9.70. The second kappa shape index (κ2) is 7.92. The lowest BCUT2D eigenvalue weighted by molar-refractivity contribution is 0.0706. The number of amides is 1. The van der Waals surface area contributed by atoms with Gasteiger partial charge in [-0.25, -0.2) is 14.4 Å². The van der Waals surface area contributed by atoms with Crippen LogP contribution in [0.25, 0.3) is 5.82 Å². The van der Waals surface area contributed by atoms with E-state index in [4.69, 9.17) is 4.98 Å². The molecular weight excluding hydrogens is 355 g/mol. The second-order valence-electron chi connectivity index (χ2n) is 7.08. The average molecular weight is 378 g/mol. The van der Waals surface area contributed by atoms with Crippen LogP contribution >= 0.6 is 0 Å². The third-order valence-corrected chi connectivity index (χ3v) is 5.25. The van der Waals surface area contributed by atoms with Gasteiger partial charge in [-0.3, -0.25) is 9.36 Å². The molecule has 1 atom stereocenters. The highest BCUT2D eigenvalue weighted by Gasteiger charge is 2.26. The van der Waals surface area contributed by atoms with E-state index in [-0.39, 0.29) is 17.6 Å². The zero-order valence-corrected chi connectivity index (χ0v) is 15.9. The van der Waals surface area contributed by atoms with Crippen molar-refractivity contribution in [1.29, 1.82) is 0 Å². The number of hydrogen-bond acceptors (Lipinski definition) is 3. The molecule has 0 spiro atoms. The lowest BCUT2D eigenvalue weighted by Crippen LogP contribution is -2.39. The number of carbonyl (C=O) groups excluding carboxylic acids is 1. The summed E-state index contributed by atoms with van der Waals surface area (Å²) in [6.45, 7) is 3.41. The third kappa shape index (κ3) is 3.67. The summed E-state index contributed by atoms with van der Waals surface area (Å²) < 4.78 is 15.2. The van der Waals surface area contributed by atoms with Crippen molar-refractivity contribution in [3.63, 3.8) is 0 Å². The molecule has 5 nitrogen and oxygen atoms in total. The summed E-state index contributed by atoms with van der Waals surface area (Å²) in [5.74, 6) is 1.63. The van der Waals surface area contributed by atoms with Crippen LogP contribution in [0.3, 0.4) is 0 Å². The smallest absolute Gasteiger partial charge is 0.253 e. The number of aryl methyl sites for hydroxylation is 1. The Hall–Kier alpha value is -3.02. The van der Waals surface area contributed by atoms with Gasteiger partial charge < -0.3 is 4.90 Å². The van der Waals surface area contributed by atoms with Gasteiger partial charge in [0, 0.05) is 49.1 Å². The van der Waals surface area contributed by atoms with Crippen LogP contribution in [0.1, 0.15) is 47.6 Å². The fraction of sp³-hybridized carbons (Fsp3) is 0.318. The van der Waals surface area contributed by atoms with E-state index >= 15 is 0 Å². The summed E-state index contributed by atoms with van der Waals surface area (Å²) in [7, 11) is 0. The van der Waals surface area contributed by atoms with Gasteiger partial charge in [0.05, 0.1) is 0 Å². The fourth-order valence-corrected chi connectivity index (χ4v) is 3.78. The number of piperidine rings is 1. The van der Waals surface area contributed by atoms with Crippen molar-refractivity contribution < 1.29 is 9.18 Å². The van der Waals surface area contributed by atoms with Crippen molar-refractivity contribution in [1.82, 2.24) is 19.4 Å². The maximum atomic E-state index is 13.1. The van der Waals surface area contributed by atoms with E-state index in [2.05, 4.69) is 11.9 Å². The number of benzene rings is 1. The molecule has 1 fully saturated rings. The monoisotopic (exact) mass is 378 g/mol. The quantitative estimate of drug-likeness (QED) is 0.690. The number of rotatable bonds is 4. The maximum absolute atomic E-state index is 13.1. The molecule has 6 heteroatoms. The van der Waals surface area contributed by atoms with Crippen molar-refractivity contribution in [2.45, 2.75) is 32.1 Å². The molecule has 3 aromatic rings. The number of hydrogen-bond donors (Lipinski definition) is 0. The van der Waals surface area contributed by atoms with Crippen LogP contribution in [0.5, 0.6) is 0 Å². The minimum Gasteiger partial charge on any atom is -0.338 e. The minimum absolute atomic E-state index is 0.0521. The Bertz CT molecular complexity index is 967. The Morgan fingerprint density at radius 2 is 2.04 bits per heavy atom. The molecule has 0 bridgehead atoms. The van der Waals surface area contributed by atoms with Gasteiger partial charge in [0.2, 0.25) is 0 Å². The molecule has 0 N–H and O–H groups in total. The second-order valence-corrected chi connectivity index (χ2v) is 7.08. The van der Waals surface area contributed by atoms with Crippen LogP contribution in [0, 0.1) is 5.82 Å². The van der Waals surface area contributed by atoms with Gasteiger partial charge in [-0.1, -0.05) is 13.0 Å². The highest BCUT2D eigenvalue weighted by molar-refractivity contribution is 5.94. The number of halogens is 1. The summed E-state index contributed by atoms with van der Waals surface area (Å²) in [4.78, 5) is 23.9. The van der Waals surface area contributed by atoms with Crippen molar-refractivity contribution >= 4 is 5.91 Å². The molecule has 0 saturated carbocycles. The predicted molar refractivity (Wildman–Crippen MR) is 105 cm³/mol. The molecule has 0 radical (unpaired) electrons. The van der Waals surface area contributed by atoms with Gasteiger partial charge in [-0.05, 0) is 49.2 Å². The van der Waals surface area contributed by atoms with Gasteiger partial charge >= 0.3 is 0 Å². The van der Waals surface area contributed by atoms with Gasteiger partial charge in [0.15, 0.2) is 0 Å². The number of likely N-dealkylation sites (tertiary alicyclic amines) is 1. The molecule has 1 amide bonds. The van der Waals surface area contributed by atoms with Crippen molar-refractivity contribution in [3.8, 4) is 5.82 Å². The van der Waals surface area contributed by atoms with Crippen LogP contribution in [0.15, 0.2) is 54.9 Å². The Morgan fingerprint density at radius 1 is 1.21 bits per heavy atom.